The molecule has 2 aromatic carbocycles. The number of nitrogens with two attached hydrogens (primary N) is 1. The first-order valence-electron chi connectivity index (χ1n) is 7.65. The average Bonchev–Trinajstić information content (AvgIpc) is 2.57. The smallest absolute Gasteiger partial charge is 0.239 e. The van der Waals surface area contributed by atoms with Crippen LogP contribution in [0.5, 0.6) is 5.75 Å². The maximum atomic E-state index is 12.9. The quantitative estimate of drug-likeness (QED) is 0.666. The van der Waals surface area contributed by atoms with Crippen LogP contribution in [0.25, 0.3) is 0 Å². The molecule has 0 spiro atoms. The van der Waals surface area contributed by atoms with Crippen molar-refractivity contribution in [2.45, 2.75) is 26.5 Å². The van der Waals surface area contributed by atoms with E-state index < -0.39 is 6.04 Å². The van der Waals surface area contributed by atoms with Gasteiger partial charge in [0.05, 0.1) is 5.69 Å². The Balaban J connectivity index is 2.18. The molecule has 1 amide bonds. The highest BCUT2D eigenvalue weighted by molar-refractivity contribution is 14.1. The summed E-state index contributed by atoms with van der Waals surface area (Å²) in [5.74, 6) is 0.0458. The molecule has 0 saturated carbocycles. The molecule has 0 aromatic heterocycles. The van der Waals surface area contributed by atoms with E-state index in [0.29, 0.717) is 18.9 Å². The SMILES string of the molecule is CCN(c1cc(OCc2ccc(F)cc2)ccc1I)C(C)C(N)=O. The number of carbonyl (C=O) groups is 1. The van der Waals surface area contributed by atoms with E-state index in [1.807, 2.05) is 30.0 Å². The molecule has 0 heterocycles. The number of primary amides is 1. The topological polar surface area (TPSA) is 55.6 Å². The Morgan fingerprint density at radius 3 is 2.54 bits per heavy atom. The van der Waals surface area contributed by atoms with Gasteiger partial charge in [-0.25, -0.2) is 4.39 Å². The van der Waals surface area contributed by atoms with Crippen molar-refractivity contribution >= 4 is 34.2 Å². The number of hydrogen-bond acceptors (Lipinski definition) is 3. The summed E-state index contributed by atoms with van der Waals surface area (Å²) in [5.41, 5.74) is 7.23. The van der Waals surface area contributed by atoms with Crippen molar-refractivity contribution in [3.05, 3.63) is 57.4 Å². The molecule has 1 atom stereocenters. The van der Waals surface area contributed by atoms with E-state index in [4.69, 9.17) is 10.5 Å². The number of likely N-dealkylation sites (N-methyl/N-ethyl adjacent to an activating group) is 1. The molecule has 128 valence electrons. The van der Waals surface area contributed by atoms with Gasteiger partial charge in [0.1, 0.15) is 24.2 Å². The van der Waals surface area contributed by atoms with E-state index >= 15 is 0 Å². The highest BCUT2D eigenvalue weighted by Crippen LogP contribution is 2.29. The van der Waals surface area contributed by atoms with Crippen molar-refractivity contribution in [1.82, 2.24) is 0 Å². The number of amides is 1. The van der Waals surface area contributed by atoms with Crippen LogP contribution in [0.3, 0.4) is 0 Å². The Kier molecular flexibility index (Phi) is 6.42. The standard InChI is InChI=1S/C18H20FIN2O2/c1-3-22(12(2)18(21)23)17-10-15(8-9-16(17)20)24-11-13-4-6-14(19)7-5-13/h4-10,12H,3,11H2,1-2H3,(H2,21,23). The van der Waals surface area contributed by atoms with Gasteiger partial charge in [-0.1, -0.05) is 12.1 Å². The van der Waals surface area contributed by atoms with Gasteiger partial charge in [-0.2, -0.15) is 0 Å². The van der Waals surface area contributed by atoms with Crippen LogP contribution in [0, 0.1) is 9.39 Å². The van der Waals surface area contributed by atoms with E-state index in [9.17, 15) is 9.18 Å². The molecule has 0 radical (unpaired) electrons. The van der Waals surface area contributed by atoms with Crippen LogP contribution in [0.15, 0.2) is 42.5 Å². The van der Waals surface area contributed by atoms with Gasteiger partial charge in [0.15, 0.2) is 0 Å². The van der Waals surface area contributed by atoms with Gasteiger partial charge >= 0.3 is 0 Å². The molecular weight excluding hydrogens is 422 g/mol. The summed E-state index contributed by atoms with van der Waals surface area (Å²) in [6.07, 6.45) is 0. The first kappa shape index (κ1) is 18.5. The fourth-order valence-electron chi connectivity index (χ4n) is 2.36. The summed E-state index contributed by atoms with van der Waals surface area (Å²) < 4.78 is 19.7. The van der Waals surface area contributed by atoms with Crippen molar-refractivity contribution < 1.29 is 13.9 Å². The normalized spacial score (nSPS) is 11.8. The number of nitrogens with zero attached hydrogens (tertiary/aromatic N) is 1. The molecule has 0 bridgehead atoms. The molecule has 0 aliphatic carbocycles. The number of rotatable bonds is 7. The third-order valence-electron chi connectivity index (χ3n) is 3.77. The Morgan fingerprint density at radius 1 is 1.29 bits per heavy atom. The lowest BCUT2D eigenvalue weighted by molar-refractivity contribution is -0.118. The second-order valence-electron chi connectivity index (χ2n) is 5.39. The van der Waals surface area contributed by atoms with E-state index in [1.54, 1.807) is 19.1 Å². The molecule has 0 saturated heterocycles. The Bertz CT molecular complexity index is 707. The number of ether oxygens (including phenoxy) is 1. The third-order valence-corrected chi connectivity index (χ3v) is 4.68. The van der Waals surface area contributed by atoms with Crippen molar-refractivity contribution in [1.29, 1.82) is 0 Å². The molecule has 6 heteroatoms. The summed E-state index contributed by atoms with van der Waals surface area (Å²) in [7, 11) is 0. The van der Waals surface area contributed by atoms with Crippen LogP contribution in [-0.4, -0.2) is 18.5 Å². The van der Waals surface area contributed by atoms with E-state index in [2.05, 4.69) is 22.6 Å². The van der Waals surface area contributed by atoms with Crippen LogP contribution < -0.4 is 15.4 Å². The maximum absolute atomic E-state index is 12.9. The summed E-state index contributed by atoms with van der Waals surface area (Å²) in [5, 5.41) is 0. The van der Waals surface area contributed by atoms with Crippen LogP contribution in [0.4, 0.5) is 10.1 Å². The minimum Gasteiger partial charge on any atom is -0.489 e. The molecule has 4 nitrogen and oxygen atoms in total. The Labute approximate surface area is 154 Å². The predicted molar refractivity (Wildman–Crippen MR) is 102 cm³/mol. The van der Waals surface area contributed by atoms with Crippen molar-refractivity contribution in [2.75, 3.05) is 11.4 Å². The lowest BCUT2D eigenvalue weighted by Gasteiger charge is -2.29. The van der Waals surface area contributed by atoms with Gasteiger partial charge in [0, 0.05) is 16.2 Å². The number of hydrogen-bond donors (Lipinski definition) is 1. The van der Waals surface area contributed by atoms with Gasteiger partial charge in [-0.3, -0.25) is 4.79 Å². The lowest BCUT2D eigenvalue weighted by atomic mass is 10.2. The summed E-state index contributed by atoms with van der Waals surface area (Å²) in [6.45, 7) is 4.76. The fraction of sp³-hybridized carbons (Fsp3) is 0.278. The maximum Gasteiger partial charge on any atom is 0.239 e. The van der Waals surface area contributed by atoms with Crippen molar-refractivity contribution in [3.8, 4) is 5.75 Å². The van der Waals surface area contributed by atoms with Crippen LogP contribution in [0.2, 0.25) is 0 Å². The zero-order valence-corrected chi connectivity index (χ0v) is 15.8. The van der Waals surface area contributed by atoms with Crippen molar-refractivity contribution in [3.63, 3.8) is 0 Å². The van der Waals surface area contributed by atoms with Gasteiger partial charge < -0.3 is 15.4 Å². The Morgan fingerprint density at radius 2 is 1.96 bits per heavy atom. The molecule has 2 aromatic rings. The number of benzene rings is 2. The van der Waals surface area contributed by atoms with E-state index in [-0.39, 0.29) is 11.7 Å². The van der Waals surface area contributed by atoms with Gasteiger partial charge in [-0.15, -0.1) is 0 Å². The number of carbonyl (C=O) groups excluding carboxylic acids is 1. The summed E-state index contributed by atoms with van der Waals surface area (Å²) in [6, 6.07) is 11.5. The zero-order valence-electron chi connectivity index (χ0n) is 13.6. The zero-order chi connectivity index (χ0) is 17.7. The number of halogens is 2. The van der Waals surface area contributed by atoms with E-state index in [0.717, 1.165) is 14.8 Å². The molecule has 2 N–H and O–H groups in total. The second kappa shape index (κ2) is 8.32. The highest BCUT2D eigenvalue weighted by atomic mass is 127. The highest BCUT2D eigenvalue weighted by Gasteiger charge is 2.20. The molecule has 1 unspecified atom stereocenters. The van der Waals surface area contributed by atoms with Crippen LogP contribution >= 0.6 is 22.6 Å². The van der Waals surface area contributed by atoms with Crippen molar-refractivity contribution in [2.24, 2.45) is 5.73 Å². The first-order chi connectivity index (χ1) is 11.4. The first-order valence-corrected chi connectivity index (χ1v) is 8.73. The van der Waals surface area contributed by atoms with Crippen LogP contribution in [-0.2, 0) is 11.4 Å². The molecule has 0 aliphatic heterocycles. The lowest BCUT2D eigenvalue weighted by Crippen LogP contribution is -2.43. The summed E-state index contributed by atoms with van der Waals surface area (Å²) in [4.78, 5) is 13.5. The molecule has 0 aliphatic rings. The largest absolute Gasteiger partial charge is 0.489 e. The minimum absolute atomic E-state index is 0.269. The monoisotopic (exact) mass is 442 g/mol. The molecular formula is C18H20FIN2O2. The van der Waals surface area contributed by atoms with Crippen LogP contribution in [0.1, 0.15) is 19.4 Å². The molecule has 24 heavy (non-hydrogen) atoms. The van der Waals surface area contributed by atoms with Gasteiger partial charge in [0.25, 0.3) is 0 Å². The van der Waals surface area contributed by atoms with Gasteiger partial charge in [0.2, 0.25) is 5.91 Å². The fourth-order valence-corrected chi connectivity index (χ4v) is 3.00. The Hall–Kier alpha value is -1.83. The third kappa shape index (κ3) is 4.59. The predicted octanol–water partition coefficient (Wildman–Crippen LogP) is 3.71. The number of anilines is 1. The van der Waals surface area contributed by atoms with E-state index in [1.165, 1.54) is 12.1 Å². The van der Waals surface area contributed by atoms with Gasteiger partial charge in [-0.05, 0) is 66.3 Å². The minimum atomic E-state index is -0.407. The molecule has 2 rings (SSSR count). The molecule has 0 fully saturated rings. The summed E-state index contributed by atoms with van der Waals surface area (Å²) >= 11 is 2.22. The average molecular weight is 442 g/mol. The second-order valence-corrected chi connectivity index (χ2v) is 6.55.